The minimum atomic E-state index is -0.124. The second kappa shape index (κ2) is 9.34. The molecule has 8 heteroatoms. The molecule has 2 saturated heterocycles. The smallest absolute Gasteiger partial charge is 0.225 e. The maximum absolute atomic E-state index is 11.9. The number of fused-ring (bicyclic) bond motifs is 1. The number of Topliss-reactive ketones (excluding diaryl/α,β-unsaturated/α-hetero) is 1. The first-order valence-electron chi connectivity index (χ1n) is 11.0. The van der Waals surface area contributed by atoms with Gasteiger partial charge in [-0.05, 0) is 60.8 Å². The van der Waals surface area contributed by atoms with Crippen LogP contribution < -0.4 is 10.2 Å². The zero-order valence-electron chi connectivity index (χ0n) is 17.8. The molecule has 0 unspecified atom stereocenters. The molecule has 3 aliphatic rings. The van der Waals surface area contributed by atoms with Gasteiger partial charge in [-0.15, -0.1) is 0 Å². The summed E-state index contributed by atoms with van der Waals surface area (Å²) in [6.45, 7) is 3.65. The topological polar surface area (TPSA) is 87.5 Å². The molecule has 5 rings (SSSR count). The number of aliphatic imine (C=N–C) groups is 1. The van der Waals surface area contributed by atoms with E-state index in [9.17, 15) is 9.59 Å². The van der Waals surface area contributed by atoms with Gasteiger partial charge in [-0.25, -0.2) is 9.97 Å². The molecule has 2 fully saturated rings. The molecule has 0 aliphatic carbocycles. The van der Waals surface area contributed by atoms with Crippen LogP contribution in [0.15, 0.2) is 46.4 Å². The van der Waals surface area contributed by atoms with Crippen LogP contribution in [0.2, 0.25) is 0 Å². The number of piperidine rings is 1. The standard InChI is InChI=1S/C24H25N5O2S/c30-21-13-23(31)32-22(21)12-18-5-8-26-24(28-18)29-9-6-16(7-10-29)14-25-15-19-11-17-3-1-2-4-20(17)27-19/h1-5,8,12,16,25H,6-7,9-11,13-15H2/b22-12-. The molecule has 164 valence electrons. The maximum atomic E-state index is 11.9. The highest BCUT2D eigenvalue weighted by Crippen LogP contribution is 2.30. The van der Waals surface area contributed by atoms with Gasteiger partial charge in [0.25, 0.3) is 0 Å². The van der Waals surface area contributed by atoms with Crippen LogP contribution >= 0.6 is 11.8 Å². The zero-order valence-corrected chi connectivity index (χ0v) is 18.6. The summed E-state index contributed by atoms with van der Waals surface area (Å²) < 4.78 is 0. The van der Waals surface area contributed by atoms with Crippen molar-refractivity contribution in [1.29, 1.82) is 0 Å². The lowest BCUT2D eigenvalue weighted by molar-refractivity contribution is -0.119. The number of carbonyl (C=O) groups excluding carboxylic acids is 2. The van der Waals surface area contributed by atoms with Gasteiger partial charge in [0.1, 0.15) is 0 Å². The van der Waals surface area contributed by atoms with E-state index in [-0.39, 0.29) is 17.3 Å². The van der Waals surface area contributed by atoms with Crippen molar-refractivity contribution < 1.29 is 9.59 Å². The molecule has 4 heterocycles. The molecule has 1 aromatic heterocycles. The van der Waals surface area contributed by atoms with Gasteiger partial charge >= 0.3 is 0 Å². The number of para-hydroxylation sites is 1. The van der Waals surface area contributed by atoms with E-state index in [4.69, 9.17) is 4.99 Å². The number of thioether (sulfide) groups is 1. The van der Waals surface area contributed by atoms with Crippen LogP contribution in [0.4, 0.5) is 11.6 Å². The molecule has 0 atom stereocenters. The fraction of sp³-hybridized carbons (Fsp3) is 0.375. The molecule has 3 aliphatic heterocycles. The first-order valence-corrected chi connectivity index (χ1v) is 11.8. The Kier molecular flexibility index (Phi) is 6.14. The number of hydrogen-bond donors (Lipinski definition) is 1. The van der Waals surface area contributed by atoms with Crippen LogP contribution in [0.1, 0.15) is 30.5 Å². The molecule has 2 aromatic rings. The summed E-state index contributed by atoms with van der Waals surface area (Å²) in [6, 6.07) is 10.1. The Morgan fingerprint density at radius 1 is 1.12 bits per heavy atom. The Morgan fingerprint density at radius 3 is 2.75 bits per heavy atom. The summed E-state index contributed by atoms with van der Waals surface area (Å²) in [5.41, 5.74) is 4.31. The van der Waals surface area contributed by atoms with Crippen molar-refractivity contribution in [2.45, 2.75) is 25.7 Å². The van der Waals surface area contributed by atoms with Gasteiger partial charge in [0.05, 0.1) is 22.7 Å². The average molecular weight is 448 g/mol. The van der Waals surface area contributed by atoms with Crippen LogP contribution in [-0.4, -0.2) is 52.8 Å². The van der Waals surface area contributed by atoms with Crippen molar-refractivity contribution >= 4 is 46.1 Å². The van der Waals surface area contributed by atoms with Crippen molar-refractivity contribution in [1.82, 2.24) is 15.3 Å². The zero-order chi connectivity index (χ0) is 21.9. The Balaban J connectivity index is 1.10. The molecule has 1 aromatic carbocycles. The summed E-state index contributed by atoms with van der Waals surface area (Å²) in [4.78, 5) is 39.7. The first-order chi connectivity index (χ1) is 15.6. The van der Waals surface area contributed by atoms with Gasteiger partial charge in [0.2, 0.25) is 11.1 Å². The highest BCUT2D eigenvalue weighted by Gasteiger charge is 2.26. The van der Waals surface area contributed by atoms with Crippen LogP contribution in [-0.2, 0) is 16.0 Å². The largest absolute Gasteiger partial charge is 0.341 e. The van der Waals surface area contributed by atoms with E-state index >= 15 is 0 Å². The Bertz CT molecular complexity index is 1110. The van der Waals surface area contributed by atoms with Gasteiger partial charge < -0.3 is 10.2 Å². The van der Waals surface area contributed by atoms with E-state index in [0.29, 0.717) is 22.5 Å². The summed E-state index contributed by atoms with van der Waals surface area (Å²) in [5.74, 6) is 1.19. The summed E-state index contributed by atoms with van der Waals surface area (Å²) in [5, 5.41) is 3.49. The van der Waals surface area contributed by atoms with Gasteiger partial charge in [-0.1, -0.05) is 18.2 Å². The molecule has 7 nitrogen and oxygen atoms in total. The number of aromatic nitrogens is 2. The van der Waals surface area contributed by atoms with Crippen molar-refractivity contribution in [2.75, 3.05) is 31.1 Å². The van der Waals surface area contributed by atoms with Crippen LogP contribution in [0, 0.1) is 5.92 Å². The molecule has 0 bridgehead atoms. The highest BCUT2D eigenvalue weighted by molar-refractivity contribution is 8.18. The third-order valence-electron chi connectivity index (χ3n) is 6.07. The predicted octanol–water partition coefficient (Wildman–Crippen LogP) is 3.18. The fourth-order valence-corrected chi connectivity index (χ4v) is 5.15. The summed E-state index contributed by atoms with van der Waals surface area (Å²) >= 11 is 1.01. The van der Waals surface area contributed by atoms with Crippen LogP contribution in [0.5, 0.6) is 0 Å². The van der Waals surface area contributed by atoms with Crippen LogP contribution in [0.25, 0.3) is 6.08 Å². The van der Waals surface area contributed by atoms with Crippen molar-refractivity contribution in [3.8, 4) is 0 Å². The monoisotopic (exact) mass is 447 g/mol. The van der Waals surface area contributed by atoms with Gasteiger partial charge in [-0.2, -0.15) is 0 Å². The van der Waals surface area contributed by atoms with Crippen molar-refractivity contribution in [3.63, 3.8) is 0 Å². The summed E-state index contributed by atoms with van der Waals surface area (Å²) in [6.07, 6.45) is 6.51. The maximum Gasteiger partial charge on any atom is 0.225 e. The minimum absolute atomic E-state index is 0.0176. The van der Waals surface area contributed by atoms with Gasteiger partial charge in [0.15, 0.2) is 5.78 Å². The van der Waals surface area contributed by atoms with E-state index < -0.39 is 0 Å². The van der Waals surface area contributed by atoms with E-state index in [1.807, 2.05) is 6.07 Å². The van der Waals surface area contributed by atoms with Crippen molar-refractivity contribution in [3.05, 3.63) is 52.7 Å². The highest BCUT2D eigenvalue weighted by atomic mass is 32.2. The molecular formula is C24H25N5O2S. The number of hydrogen-bond acceptors (Lipinski definition) is 8. The SMILES string of the molecule is O=C1CC(=O)/C(=C/c2ccnc(N3CCC(CNCC4=Nc5ccccc5C4)CC3)n2)S1. The molecule has 0 amide bonds. The Morgan fingerprint density at radius 2 is 1.97 bits per heavy atom. The third kappa shape index (κ3) is 4.81. The van der Waals surface area contributed by atoms with E-state index in [1.54, 1.807) is 18.3 Å². The molecule has 0 radical (unpaired) electrons. The number of rotatable bonds is 6. The molecular weight excluding hydrogens is 422 g/mol. The quantitative estimate of drug-likeness (QED) is 0.537. The van der Waals surface area contributed by atoms with E-state index in [2.05, 4.69) is 38.4 Å². The number of ketones is 1. The lowest BCUT2D eigenvalue weighted by Crippen LogP contribution is -2.39. The van der Waals surface area contributed by atoms with Gasteiger partial charge in [-0.3, -0.25) is 14.6 Å². The van der Waals surface area contributed by atoms with E-state index in [0.717, 1.165) is 62.9 Å². The second-order valence-electron chi connectivity index (χ2n) is 8.41. The van der Waals surface area contributed by atoms with Gasteiger partial charge in [0, 0.05) is 38.0 Å². The summed E-state index contributed by atoms with van der Waals surface area (Å²) in [7, 11) is 0. The lowest BCUT2D eigenvalue weighted by atomic mass is 9.97. The third-order valence-corrected chi connectivity index (χ3v) is 7.01. The van der Waals surface area contributed by atoms with E-state index in [1.165, 1.54) is 11.3 Å². The number of benzene rings is 1. The first kappa shape index (κ1) is 21.0. The number of allylic oxidation sites excluding steroid dienone is 1. The predicted molar refractivity (Wildman–Crippen MR) is 127 cm³/mol. The molecule has 0 saturated carbocycles. The number of anilines is 1. The molecule has 0 spiro atoms. The van der Waals surface area contributed by atoms with Crippen molar-refractivity contribution in [2.24, 2.45) is 10.9 Å². The lowest BCUT2D eigenvalue weighted by Gasteiger charge is -2.32. The Hall–Kier alpha value is -2.84. The normalized spacial score (nSPS) is 20.2. The number of nitrogens with one attached hydrogen (secondary N) is 1. The number of nitrogens with zero attached hydrogens (tertiary/aromatic N) is 4. The second-order valence-corrected chi connectivity index (χ2v) is 9.51. The average Bonchev–Trinajstić information content (AvgIpc) is 3.36. The number of carbonyl (C=O) groups is 2. The minimum Gasteiger partial charge on any atom is -0.341 e. The Labute approximate surface area is 191 Å². The van der Waals surface area contributed by atoms with Crippen LogP contribution in [0.3, 0.4) is 0 Å². The molecule has 32 heavy (non-hydrogen) atoms. The fourth-order valence-electron chi connectivity index (χ4n) is 4.33. The molecule has 1 N–H and O–H groups in total.